The van der Waals surface area contributed by atoms with Gasteiger partial charge in [-0.25, -0.2) is 0 Å². The molecule has 6 heteroatoms. The summed E-state index contributed by atoms with van der Waals surface area (Å²) < 4.78 is 0.809. The molecule has 0 fully saturated rings. The first kappa shape index (κ1) is 20.2. The van der Waals surface area contributed by atoms with E-state index in [9.17, 15) is 9.59 Å². The number of halogens is 1. The quantitative estimate of drug-likeness (QED) is 0.667. The van der Waals surface area contributed by atoms with Gasteiger partial charge in [0.25, 0.3) is 0 Å². The van der Waals surface area contributed by atoms with Crippen molar-refractivity contribution in [3.05, 3.63) is 28.7 Å². The molecule has 1 aromatic rings. The van der Waals surface area contributed by atoms with Crippen molar-refractivity contribution >= 4 is 33.4 Å². The fourth-order valence-corrected chi connectivity index (χ4v) is 2.66. The van der Waals surface area contributed by atoms with Crippen LogP contribution in [0.25, 0.3) is 0 Å². The van der Waals surface area contributed by atoms with Crippen LogP contribution in [0.15, 0.2) is 28.7 Å². The summed E-state index contributed by atoms with van der Waals surface area (Å²) in [6.45, 7) is 4.10. The molecule has 0 spiro atoms. The van der Waals surface area contributed by atoms with E-state index in [1.54, 1.807) is 18.0 Å². The number of nitrogens with one attached hydrogen (secondary N) is 2. The summed E-state index contributed by atoms with van der Waals surface area (Å²) in [4.78, 5) is 25.9. The molecule has 5 nitrogen and oxygen atoms in total. The van der Waals surface area contributed by atoms with Crippen molar-refractivity contribution in [3.63, 3.8) is 0 Å². The molecule has 0 aliphatic carbocycles. The second-order valence-electron chi connectivity index (χ2n) is 5.68. The van der Waals surface area contributed by atoms with Crippen molar-refractivity contribution in [1.82, 2.24) is 10.2 Å². The fourth-order valence-electron chi connectivity index (χ4n) is 2.27. The van der Waals surface area contributed by atoms with Gasteiger partial charge in [0, 0.05) is 4.47 Å². The number of para-hydroxylation sites is 1. The normalized spacial score (nSPS) is 11.0. The van der Waals surface area contributed by atoms with Crippen molar-refractivity contribution in [2.75, 3.05) is 25.5 Å². The van der Waals surface area contributed by atoms with E-state index in [1.807, 2.05) is 32.0 Å². The van der Waals surface area contributed by atoms with Gasteiger partial charge < -0.3 is 10.6 Å². The Hall–Kier alpha value is -1.84. The number of rotatable bonds is 8. The maximum Gasteiger partial charge on any atom is 0.238 e. The van der Waals surface area contributed by atoms with Gasteiger partial charge >= 0.3 is 0 Å². The highest BCUT2D eigenvalue weighted by Gasteiger charge is 2.25. The summed E-state index contributed by atoms with van der Waals surface area (Å²) >= 11 is 3.38. The summed E-state index contributed by atoms with van der Waals surface area (Å²) in [5.41, 5.74) is 0.0819. The lowest BCUT2D eigenvalue weighted by atomic mass is 9.94. The number of carbonyl (C=O) groups is 2. The Bertz CT molecular complexity index is 621. The average molecular weight is 394 g/mol. The molecule has 0 aromatic heterocycles. The van der Waals surface area contributed by atoms with Gasteiger partial charge in [-0.15, -0.1) is 6.42 Å². The maximum atomic E-state index is 12.2. The van der Waals surface area contributed by atoms with Gasteiger partial charge in [0.1, 0.15) is 5.54 Å². The number of anilines is 1. The molecule has 24 heavy (non-hydrogen) atoms. The topological polar surface area (TPSA) is 61.4 Å². The lowest BCUT2D eigenvalue weighted by Gasteiger charge is -2.28. The first-order chi connectivity index (χ1) is 11.4. The molecule has 0 aliphatic rings. The van der Waals surface area contributed by atoms with Gasteiger partial charge in [0.15, 0.2) is 0 Å². The lowest BCUT2D eigenvalue weighted by molar-refractivity contribution is -0.124. The van der Waals surface area contributed by atoms with Crippen LogP contribution in [0.5, 0.6) is 0 Å². The van der Waals surface area contributed by atoms with Gasteiger partial charge in [-0.05, 0) is 48.0 Å². The monoisotopic (exact) mass is 393 g/mol. The zero-order valence-corrected chi connectivity index (χ0v) is 15.9. The van der Waals surface area contributed by atoms with Crippen LogP contribution >= 0.6 is 15.9 Å². The Morgan fingerprint density at radius 2 is 1.79 bits per heavy atom. The number of likely N-dealkylation sites (N-methyl/N-ethyl adjacent to an activating group) is 1. The molecule has 2 amide bonds. The van der Waals surface area contributed by atoms with Gasteiger partial charge in [-0.2, -0.15) is 0 Å². The summed E-state index contributed by atoms with van der Waals surface area (Å²) in [7, 11) is 1.72. The second kappa shape index (κ2) is 9.45. The van der Waals surface area contributed by atoms with Gasteiger partial charge in [-0.1, -0.05) is 31.9 Å². The zero-order chi connectivity index (χ0) is 18.2. The molecular weight excluding hydrogens is 370 g/mol. The molecule has 0 aliphatic heterocycles. The minimum absolute atomic E-state index is 0.104. The smallest absolute Gasteiger partial charge is 0.238 e. The van der Waals surface area contributed by atoms with E-state index in [1.165, 1.54) is 0 Å². The average Bonchev–Trinajstić information content (AvgIpc) is 2.54. The van der Waals surface area contributed by atoms with Crippen LogP contribution in [0.2, 0.25) is 0 Å². The number of hydrogen-bond donors (Lipinski definition) is 2. The van der Waals surface area contributed by atoms with Gasteiger partial charge in [0.2, 0.25) is 11.8 Å². The third kappa shape index (κ3) is 5.99. The van der Waals surface area contributed by atoms with Crippen molar-refractivity contribution in [2.24, 2.45) is 0 Å². The molecule has 0 saturated carbocycles. The van der Waals surface area contributed by atoms with Gasteiger partial charge in [0.05, 0.1) is 18.8 Å². The van der Waals surface area contributed by atoms with Crippen molar-refractivity contribution in [3.8, 4) is 12.3 Å². The molecule has 0 radical (unpaired) electrons. The molecule has 1 aromatic carbocycles. The Labute approximate surface area is 152 Å². The van der Waals surface area contributed by atoms with Crippen molar-refractivity contribution < 1.29 is 9.59 Å². The van der Waals surface area contributed by atoms with E-state index in [0.717, 1.165) is 4.47 Å². The number of nitrogens with zero attached hydrogens (tertiary/aromatic N) is 1. The number of carbonyl (C=O) groups excluding carboxylic acids is 2. The predicted octanol–water partition coefficient (Wildman–Crippen LogP) is 2.63. The van der Waals surface area contributed by atoms with Crippen LogP contribution < -0.4 is 10.6 Å². The Morgan fingerprint density at radius 1 is 1.21 bits per heavy atom. The third-order valence-electron chi connectivity index (χ3n) is 3.84. The molecular formula is C18H24BrN3O2. The first-order valence-corrected chi connectivity index (χ1v) is 8.66. The van der Waals surface area contributed by atoms with Crippen LogP contribution in [0.4, 0.5) is 5.69 Å². The summed E-state index contributed by atoms with van der Waals surface area (Å²) in [5, 5.41) is 5.69. The predicted molar refractivity (Wildman–Crippen MR) is 101 cm³/mol. The van der Waals surface area contributed by atoms with Gasteiger partial charge in [-0.3, -0.25) is 14.5 Å². The van der Waals surface area contributed by atoms with Crippen molar-refractivity contribution in [2.45, 2.75) is 32.2 Å². The van der Waals surface area contributed by atoms with E-state index < -0.39 is 5.54 Å². The standard InChI is InChI=1S/C18H24BrN3O2/c1-5-18(6-2,7-3)21-17(24)13-22(4)12-16(23)20-15-11-9-8-10-14(15)19/h1,8-11H,6-7,12-13H2,2-4H3,(H,20,23)(H,21,24). The SMILES string of the molecule is C#CC(CC)(CC)NC(=O)CN(C)CC(=O)Nc1ccccc1Br. The Morgan fingerprint density at radius 3 is 2.33 bits per heavy atom. The molecule has 0 heterocycles. The number of terminal acetylenes is 1. The summed E-state index contributed by atoms with van der Waals surface area (Å²) in [5.74, 6) is 2.29. The molecule has 130 valence electrons. The minimum Gasteiger partial charge on any atom is -0.339 e. The zero-order valence-electron chi connectivity index (χ0n) is 14.4. The van der Waals surface area contributed by atoms with E-state index in [-0.39, 0.29) is 24.9 Å². The van der Waals surface area contributed by atoms with Crippen LogP contribution in [-0.2, 0) is 9.59 Å². The first-order valence-electron chi connectivity index (χ1n) is 7.87. The summed E-state index contributed by atoms with van der Waals surface area (Å²) in [6.07, 6.45) is 6.87. The van der Waals surface area contributed by atoms with Crippen LogP contribution in [0, 0.1) is 12.3 Å². The van der Waals surface area contributed by atoms with Crippen LogP contribution in [-0.4, -0.2) is 42.4 Å². The molecule has 0 atom stereocenters. The molecule has 0 saturated heterocycles. The van der Waals surface area contributed by atoms with E-state index in [2.05, 4.69) is 32.5 Å². The highest BCUT2D eigenvalue weighted by atomic mass is 79.9. The van der Waals surface area contributed by atoms with Crippen LogP contribution in [0.1, 0.15) is 26.7 Å². The highest BCUT2D eigenvalue weighted by molar-refractivity contribution is 9.10. The van der Waals surface area contributed by atoms with Crippen molar-refractivity contribution in [1.29, 1.82) is 0 Å². The highest BCUT2D eigenvalue weighted by Crippen LogP contribution is 2.21. The second-order valence-corrected chi connectivity index (χ2v) is 6.54. The largest absolute Gasteiger partial charge is 0.339 e. The molecule has 0 unspecified atom stereocenters. The fraction of sp³-hybridized carbons (Fsp3) is 0.444. The van der Waals surface area contributed by atoms with E-state index in [0.29, 0.717) is 18.5 Å². The number of hydrogen-bond acceptors (Lipinski definition) is 3. The molecule has 1 rings (SSSR count). The summed E-state index contributed by atoms with van der Waals surface area (Å²) in [6, 6.07) is 7.36. The van der Waals surface area contributed by atoms with E-state index >= 15 is 0 Å². The van der Waals surface area contributed by atoms with Crippen LogP contribution in [0.3, 0.4) is 0 Å². The maximum absolute atomic E-state index is 12.2. The minimum atomic E-state index is -0.616. The number of amides is 2. The lowest BCUT2D eigenvalue weighted by Crippen LogP contribution is -2.50. The van der Waals surface area contributed by atoms with E-state index in [4.69, 9.17) is 6.42 Å². The Balaban J connectivity index is 2.52. The number of benzene rings is 1. The molecule has 2 N–H and O–H groups in total. The Kier molecular flexibility index (Phi) is 7.96. The molecule has 0 bridgehead atoms. The third-order valence-corrected chi connectivity index (χ3v) is 4.53.